The summed E-state index contributed by atoms with van der Waals surface area (Å²) in [5.74, 6) is 1.63. The van der Waals surface area contributed by atoms with Gasteiger partial charge < -0.3 is 9.47 Å². The third-order valence-corrected chi connectivity index (χ3v) is 4.06. The third-order valence-electron chi connectivity index (χ3n) is 3.82. The van der Waals surface area contributed by atoms with Crippen molar-refractivity contribution in [3.8, 4) is 11.5 Å². The van der Waals surface area contributed by atoms with Crippen LogP contribution >= 0.6 is 11.6 Å². The maximum Gasteiger partial charge on any atom is 0.146 e. The van der Waals surface area contributed by atoms with Gasteiger partial charge >= 0.3 is 0 Å². The number of nitrogens with zero attached hydrogens (tertiary/aromatic N) is 1. The largest absolute Gasteiger partial charge is 0.493 e. The van der Waals surface area contributed by atoms with Crippen LogP contribution in [0, 0.1) is 0 Å². The van der Waals surface area contributed by atoms with E-state index in [9.17, 15) is 0 Å². The lowest BCUT2D eigenvalue weighted by atomic mass is 10.0. The maximum absolute atomic E-state index is 6.25. The molecular formula is C18H14ClNO2. The van der Waals surface area contributed by atoms with Crippen LogP contribution in [-0.4, -0.2) is 11.6 Å². The fourth-order valence-electron chi connectivity index (χ4n) is 2.78. The monoisotopic (exact) mass is 311 g/mol. The molecule has 1 atom stereocenters. The van der Waals surface area contributed by atoms with E-state index in [0.29, 0.717) is 11.6 Å². The van der Waals surface area contributed by atoms with Crippen molar-refractivity contribution >= 4 is 22.5 Å². The van der Waals surface area contributed by atoms with Crippen molar-refractivity contribution in [1.29, 1.82) is 0 Å². The highest BCUT2D eigenvalue weighted by Crippen LogP contribution is 2.38. The van der Waals surface area contributed by atoms with E-state index in [0.717, 1.165) is 34.4 Å². The summed E-state index contributed by atoms with van der Waals surface area (Å²) in [5, 5.41) is 1.76. The average molecular weight is 312 g/mol. The molecule has 4 rings (SSSR count). The molecule has 110 valence electrons. The van der Waals surface area contributed by atoms with Gasteiger partial charge in [-0.25, -0.2) is 0 Å². The number of benzene rings is 2. The van der Waals surface area contributed by atoms with Crippen LogP contribution in [-0.2, 0) is 0 Å². The van der Waals surface area contributed by atoms with Crippen molar-refractivity contribution in [2.75, 3.05) is 6.61 Å². The maximum atomic E-state index is 6.25. The quantitative estimate of drug-likeness (QED) is 0.682. The van der Waals surface area contributed by atoms with E-state index >= 15 is 0 Å². The Morgan fingerprint density at radius 2 is 2.05 bits per heavy atom. The second-order valence-corrected chi connectivity index (χ2v) is 5.69. The van der Waals surface area contributed by atoms with E-state index in [1.165, 1.54) is 0 Å². The molecule has 0 saturated heterocycles. The predicted octanol–water partition coefficient (Wildman–Crippen LogP) is 4.79. The summed E-state index contributed by atoms with van der Waals surface area (Å²) in [7, 11) is 0. The molecule has 1 aliphatic heterocycles. The van der Waals surface area contributed by atoms with Crippen molar-refractivity contribution in [2.24, 2.45) is 0 Å². The standard InChI is InChI=1S/C18H14ClNO2/c19-13-6-7-15-14(11-13)16(8-10-21-15)22-17-5-1-3-12-4-2-9-20-18(12)17/h1-7,9,11,16H,8,10H2. The molecule has 1 aliphatic rings. The Morgan fingerprint density at radius 1 is 1.14 bits per heavy atom. The third kappa shape index (κ3) is 2.38. The highest BCUT2D eigenvalue weighted by atomic mass is 35.5. The Kier molecular flexibility index (Phi) is 3.35. The lowest BCUT2D eigenvalue weighted by Crippen LogP contribution is -2.18. The van der Waals surface area contributed by atoms with Gasteiger partial charge in [0.25, 0.3) is 0 Å². The number of pyridine rings is 1. The van der Waals surface area contributed by atoms with Crippen LogP contribution in [0.25, 0.3) is 10.9 Å². The molecule has 2 heterocycles. The fraction of sp³-hybridized carbons (Fsp3) is 0.167. The highest BCUT2D eigenvalue weighted by molar-refractivity contribution is 6.30. The normalized spacial score (nSPS) is 16.9. The second-order valence-electron chi connectivity index (χ2n) is 5.26. The van der Waals surface area contributed by atoms with Gasteiger partial charge in [-0.3, -0.25) is 4.98 Å². The molecule has 0 saturated carbocycles. The fourth-order valence-corrected chi connectivity index (χ4v) is 2.96. The SMILES string of the molecule is Clc1ccc2c(c1)C(Oc1cccc3cccnc13)CCO2. The Bertz CT molecular complexity index is 829. The van der Waals surface area contributed by atoms with Crippen LogP contribution in [0.15, 0.2) is 54.7 Å². The smallest absolute Gasteiger partial charge is 0.146 e. The molecule has 2 aromatic carbocycles. The van der Waals surface area contributed by atoms with Gasteiger partial charge in [-0.05, 0) is 30.3 Å². The van der Waals surface area contributed by atoms with E-state index in [1.807, 2.05) is 48.5 Å². The first-order chi connectivity index (χ1) is 10.8. The number of aromatic nitrogens is 1. The van der Waals surface area contributed by atoms with Gasteiger partial charge in [-0.2, -0.15) is 0 Å². The van der Waals surface area contributed by atoms with Crippen LogP contribution in [0.1, 0.15) is 18.1 Å². The van der Waals surface area contributed by atoms with Crippen molar-refractivity contribution in [2.45, 2.75) is 12.5 Å². The second kappa shape index (κ2) is 5.50. The first-order valence-electron chi connectivity index (χ1n) is 7.24. The molecule has 0 bridgehead atoms. The molecular weight excluding hydrogens is 298 g/mol. The lowest BCUT2D eigenvalue weighted by Gasteiger charge is -2.27. The van der Waals surface area contributed by atoms with E-state index < -0.39 is 0 Å². The number of halogens is 1. The summed E-state index contributed by atoms with van der Waals surface area (Å²) in [4.78, 5) is 4.44. The molecule has 1 aromatic heterocycles. The van der Waals surface area contributed by atoms with Crippen LogP contribution in [0.2, 0.25) is 5.02 Å². The number of fused-ring (bicyclic) bond motifs is 2. The number of rotatable bonds is 2. The number of hydrogen-bond donors (Lipinski definition) is 0. The van der Waals surface area contributed by atoms with Crippen LogP contribution < -0.4 is 9.47 Å². The molecule has 3 aromatic rings. The predicted molar refractivity (Wildman–Crippen MR) is 86.7 cm³/mol. The summed E-state index contributed by atoms with van der Waals surface area (Å²) in [6.07, 6.45) is 2.50. The number of para-hydroxylation sites is 1. The van der Waals surface area contributed by atoms with E-state index in [1.54, 1.807) is 6.20 Å². The molecule has 0 fully saturated rings. The minimum Gasteiger partial charge on any atom is -0.493 e. The van der Waals surface area contributed by atoms with Crippen molar-refractivity contribution in [3.63, 3.8) is 0 Å². The zero-order chi connectivity index (χ0) is 14.9. The van der Waals surface area contributed by atoms with Crippen molar-refractivity contribution in [3.05, 3.63) is 65.3 Å². The van der Waals surface area contributed by atoms with Gasteiger partial charge in [-0.1, -0.05) is 29.8 Å². The Hall–Kier alpha value is -2.26. The summed E-state index contributed by atoms with van der Waals surface area (Å²) in [5.41, 5.74) is 1.87. The molecule has 1 unspecified atom stereocenters. The lowest BCUT2D eigenvalue weighted by molar-refractivity contribution is 0.137. The average Bonchev–Trinajstić information content (AvgIpc) is 2.56. The highest BCUT2D eigenvalue weighted by Gasteiger charge is 2.24. The first-order valence-corrected chi connectivity index (χ1v) is 7.62. The summed E-state index contributed by atoms with van der Waals surface area (Å²) in [6, 6.07) is 15.6. The van der Waals surface area contributed by atoms with Crippen molar-refractivity contribution in [1.82, 2.24) is 4.98 Å². The van der Waals surface area contributed by atoms with E-state index in [4.69, 9.17) is 21.1 Å². The summed E-state index contributed by atoms with van der Waals surface area (Å²) in [6.45, 7) is 0.636. The molecule has 0 amide bonds. The van der Waals surface area contributed by atoms with Gasteiger partial charge in [0.2, 0.25) is 0 Å². The summed E-state index contributed by atoms with van der Waals surface area (Å²) < 4.78 is 11.9. The minimum atomic E-state index is -0.0740. The van der Waals surface area contributed by atoms with Gasteiger partial charge in [0, 0.05) is 28.6 Å². The zero-order valence-electron chi connectivity index (χ0n) is 11.8. The number of ether oxygens (including phenoxy) is 2. The van der Waals surface area contributed by atoms with Crippen molar-refractivity contribution < 1.29 is 9.47 Å². The minimum absolute atomic E-state index is 0.0740. The van der Waals surface area contributed by atoms with Crippen LogP contribution in [0.4, 0.5) is 0 Å². The zero-order valence-corrected chi connectivity index (χ0v) is 12.6. The van der Waals surface area contributed by atoms with E-state index in [-0.39, 0.29) is 6.10 Å². The molecule has 4 heteroatoms. The molecule has 0 N–H and O–H groups in total. The molecule has 3 nitrogen and oxygen atoms in total. The van der Waals surface area contributed by atoms with Crippen LogP contribution in [0.5, 0.6) is 11.5 Å². The number of hydrogen-bond acceptors (Lipinski definition) is 3. The van der Waals surface area contributed by atoms with Gasteiger partial charge in [-0.15, -0.1) is 0 Å². The topological polar surface area (TPSA) is 31.4 Å². The van der Waals surface area contributed by atoms with Gasteiger partial charge in [0.05, 0.1) is 6.61 Å². The molecule has 0 aliphatic carbocycles. The molecule has 0 radical (unpaired) electrons. The van der Waals surface area contributed by atoms with Crippen LogP contribution in [0.3, 0.4) is 0 Å². The van der Waals surface area contributed by atoms with Gasteiger partial charge in [0.15, 0.2) is 0 Å². The summed E-state index contributed by atoms with van der Waals surface area (Å²) >= 11 is 6.12. The molecule has 0 spiro atoms. The first kappa shape index (κ1) is 13.4. The Labute approximate surface area is 133 Å². The van der Waals surface area contributed by atoms with E-state index in [2.05, 4.69) is 4.98 Å². The van der Waals surface area contributed by atoms with Gasteiger partial charge in [0.1, 0.15) is 23.1 Å². The Morgan fingerprint density at radius 3 is 3.00 bits per heavy atom. The molecule has 22 heavy (non-hydrogen) atoms. The Balaban J connectivity index is 1.74.